The van der Waals surface area contributed by atoms with E-state index in [1.807, 2.05) is 37.4 Å². The summed E-state index contributed by atoms with van der Waals surface area (Å²) in [6.45, 7) is 3.64. The van der Waals surface area contributed by atoms with Crippen LogP contribution in [0.15, 0.2) is 30.5 Å². The molecule has 5 nitrogen and oxygen atoms in total. The lowest BCUT2D eigenvalue weighted by atomic mass is 9.96. The molecule has 3 aliphatic rings. The van der Waals surface area contributed by atoms with Gasteiger partial charge in [-0.3, -0.25) is 4.90 Å². The number of nitrogens with zero attached hydrogens (tertiary/aromatic N) is 2. The molecular weight excluding hydrogens is 336 g/mol. The number of hydrogen-bond acceptors (Lipinski definition) is 3. The molecule has 2 N–H and O–H groups in total. The largest absolute Gasteiger partial charge is 0.369 e. The molecule has 25 heavy (non-hydrogen) atoms. The van der Waals surface area contributed by atoms with Crippen LogP contribution in [0.1, 0.15) is 25.3 Å². The summed E-state index contributed by atoms with van der Waals surface area (Å²) in [5, 5.41) is 7.06. The molecule has 5 rings (SSSR count). The second-order valence-electron chi connectivity index (χ2n) is 7.30. The fourth-order valence-electron chi connectivity index (χ4n) is 4.03. The molecule has 1 aliphatic carbocycles. The standard InChI is InChI=1S/C19H19ClN4O/c1-11-8-22-18(25)24(11)13-4-2-3-12(7-13)14-9-21-17-15(16(14)20)19(5-6-19)10-23-17/h2-4,7,9,11H,5-6,8,10H2,1H3,(H,21,23)(H,22,25). The summed E-state index contributed by atoms with van der Waals surface area (Å²) in [6, 6.07) is 8.07. The first kappa shape index (κ1) is 15.0. The van der Waals surface area contributed by atoms with E-state index >= 15 is 0 Å². The highest BCUT2D eigenvalue weighted by atomic mass is 35.5. The Morgan fingerprint density at radius 3 is 2.88 bits per heavy atom. The number of anilines is 2. The van der Waals surface area contributed by atoms with Gasteiger partial charge in [0.25, 0.3) is 0 Å². The third-order valence-corrected chi connectivity index (χ3v) is 6.03. The minimum absolute atomic E-state index is 0.0519. The van der Waals surface area contributed by atoms with E-state index in [1.165, 1.54) is 18.4 Å². The van der Waals surface area contributed by atoms with Gasteiger partial charge in [0.05, 0.1) is 11.1 Å². The van der Waals surface area contributed by atoms with Crippen LogP contribution in [0.5, 0.6) is 0 Å². The Morgan fingerprint density at radius 2 is 2.16 bits per heavy atom. The maximum Gasteiger partial charge on any atom is 0.322 e. The molecule has 6 heteroatoms. The lowest BCUT2D eigenvalue weighted by Crippen LogP contribution is -2.32. The van der Waals surface area contributed by atoms with E-state index in [1.54, 1.807) is 4.90 Å². The smallest absolute Gasteiger partial charge is 0.322 e. The molecule has 3 heterocycles. The second kappa shape index (κ2) is 5.11. The van der Waals surface area contributed by atoms with Gasteiger partial charge in [-0.2, -0.15) is 0 Å². The lowest BCUT2D eigenvalue weighted by Gasteiger charge is -2.21. The molecule has 2 amide bonds. The molecule has 2 aromatic rings. The topological polar surface area (TPSA) is 57.3 Å². The number of aromatic nitrogens is 1. The van der Waals surface area contributed by atoms with Crippen molar-refractivity contribution >= 4 is 29.1 Å². The summed E-state index contributed by atoms with van der Waals surface area (Å²) in [4.78, 5) is 18.5. The zero-order valence-corrected chi connectivity index (χ0v) is 14.7. The number of rotatable bonds is 2. The highest BCUT2D eigenvalue weighted by Crippen LogP contribution is 2.57. The first-order chi connectivity index (χ1) is 12.1. The molecule has 1 saturated carbocycles. The van der Waals surface area contributed by atoms with Gasteiger partial charge in [0.1, 0.15) is 5.82 Å². The molecule has 2 aliphatic heterocycles. The van der Waals surface area contributed by atoms with Gasteiger partial charge < -0.3 is 10.6 Å². The second-order valence-corrected chi connectivity index (χ2v) is 7.68. The van der Waals surface area contributed by atoms with Crippen LogP contribution in [-0.4, -0.2) is 30.1 Å². The Hall–Kier alpha value is -2.27. The van der Waals surface area contributed by atoms with E-state index < -0.39 is 0 Å². The third kappa shape index (κ3) is 2.15. The SMILES string of the molecule is CC1CNC(=O)N1c1cccc(-c2cnc3c(c2Cl)C2(CC2)CN3)c1. The molecule has 1 spiro atoms. The number of fused-ring (bicyclic) bond motifs is 2. The van der Waals surface area contributed by atoms with Crippen LogP contribution >= 0.6 is 11.6 Å². The molecule has 1 saturated heterocycles. The number of benzene rings is 1. The Morgan fingerprint density at radius 1 is 1.32 bits per heavy atom. The van der Waals surface area contributed by atoms with Gasteiger partial charge in [-0.15, -0.1) is 0 Å². The van der Waals surface area contributed by atoms with Crippen molar-refractivity contribution in [1.82, 2.24) is 10.3 Å². The average Bonchev–Trinajstić information content (AvgIpc) is 3.17. The number of halogens is 1. The molecular formula is C19H19ClN4O. The van der Waals surface area contributed by atoms with Crippen LogP contribution in [0.2, 0.25) is 5.02 Å². The number of carbonyl (C=O) groups excluding carboxylic acids is 1. The quantitative estimate of drug-likeness (QED) is 0.863. The maximum atomic E-state index is 12.1. The summed E-state index contributed by atoms with van der Waals surface area (Å²) in [5.41, 5.74) is 4.17. The number of nitrogens with one attached hydrogen (secondary N) is 2. The predicted octanol–water partition coefficient (Wildman–Crippen LogP) is 3.78. The van der Waals surface area contributed by atoms with Crippen molar-refractivity contribution in [3.05, 3.63) is 41.0 Å². The zero-order chi connectivity index (χ0) is 17.2. The summed E-state index contributed by atoms with van der Waals surface area (Å²) in [6.07, 6.45) is 4.18. The normalized spacial score (nSPS) is 22.7. The van der Waals surface area contributed by atoms with Crippen LogP contribution in [0.3, 0.4) is 0 Å². The molecule has 1 aromatic heterocycles. The van der Waals surface area contributed by atoms with Gasteiger partial charge in [-0.25, -0.2) is 9.78 Å². The summed E-state index contributed by atoms with van der Waals surface area (Å²) in [7, 11) is 0. The van der Waals surface area contributed by atoms with Gasteiger partial charge in [-0.1, -0.05) is 23.7 Å². The van der Waals surface area contributed by atoms with Crippen molar-refractivity contribution in [3.63, 3.8) is 0 Å². The van der Waals surface area contributed by atoms with E-state index in [-0.39, 0.29) is 17.5 Å². The minimum Gasteiger partial charge on any atom is -0.369 e. The number of carbonyl (C=O) groups is 1. The van der Waals surface area contributed by atoms with E-state index in [0.29, 0.717) is 6.54 Å². The van der Waals surface area contributed by atoms with Gasteiger partial charge in [0.2, 0.25) is 0 Å². The van der Waals surface area contributed by atoms with Gasteiger partial charge >= 0.3 is 6.03 Å². The minimum atomic E-state index is -0.0519. The van der Waals surface area contributed by atoms with E-state index in [9.17, 15) is 4.79 Å². The number of amides is 2. The van der Waals surface area contributed by atoms with Crippen molar-refractivity contribution in [2.75, 3.05) is 23.3 Å². The number of pyridine rings is 1. The third-order valence-electron chi connectivity index (χ3n) is 5.64. The van der Waals surface area contributed by atoms with Gasteiger partial charge in [0.15, 0.2) is 0 Å². The van der Waals surface area contributed by atoms with Gasteiger partial charge in [-0.05, 0) is 37.5 Å². The first-order valence-electron chi connectivity index (χ1n) is 8.69. The molecule has 1 unspecified atom stereocenters. The summed E-state index contributed by atoms with van der Waals surface area (Å²) < 4.78 is 0. The van der Waals surface area contributed by atoms with Crippen molar-refractivity contribution in [3.8, 4) is 11.1 Å². The fraction of sp³-hybridized carbons (Fsp3) is 0.368. The van der Waals surface area contributed by atoms with Crippen LogP contribution < -0.4 is 15.5 Å². The molecule has 0 bridgehead atoms. The Kier molecular flexibility index (Phi) is 3.07. The van der Waals surface area contributed by atoms with Crippen molar-refractivity contribution < 1.29 is 4.79 Å². The Labute approximate surface area is 151 Å². The van der Waals surface area contributed by atoms with Crippen LogP contribution in [0, 0.1) is 0 Å². The van der Waals surface area contributed by atoms with Crippen molar-refractivity contribution in [2.45, 2.75) is 31.2 Å². The summed E-state index contributed by atoms with van der Waals surface area (Å²) >= 11 is 6.81. The Bertz CT molecular complexity index is 893. The highest BCUT2D eigenvalue weighted by Gasteiger charge is 2.51. The number of urea groups is 1. The van der Waals surface area contributed by atoms with E-state index in [0.717, 1.165) is 34.2 Å². The molecule has 0 radical (unpaired) electrons. The Balaban J connectivity index is 1.59. The zero-order valence-electron chi connectivity index (χ0n) is 14.0. The van der Waals surface area contributed by atoms with E-state index in [4.69, 9.17) is 11.6 Å². The first-order valence-corrected chi connectivity index (χ1v) is 9.07. The fourth-order valence-corrected chi connectivity index (χ4v) is 4.48. The van der Waals surface area contributed by atoms with E-state index in [2.05, 4.69) is 15.6 Å². The number of hydrogen-bond donors (Lipinski definition) is 2. The van der Waals surface area contributed by atoms with Crippen molar-refractivity contribution in [2.24, 2.45) is 0 Å². The predicted molar refractivity (Wildman–Crippen MR) is 99.4 cm³/mol. The van der Waals surface area contributed by atoms with Crippen LogP contribution in [0.25, 0.3) is 11.1 Å². The maximum absolute atomic E-state index is 12.1. The monoisotopic (exact) mass is 354 g/mol. The molecule has 1 aromatic carbocycles. The molecule has 128 valence electrons. The van der Waals surface area contributed by atoms with Crippen LogP contribution in [-0.2, 0) is 5.41 Å². The molecule has 2 fully saturated rings. The highest BCUT2D eigenvalue weighted by molar-refractivity contribution is 6.34. The summed E-state index contributed by atoms with van der Waals surface area (Å²) in [5.74, 6) is 0.926. The average molecular weight is 355 g/mol. The van der Waals surface area contributed by atoms with Crippen LogP contribution in [0.4, 0.5) is 16.3 Å². The van der Waals surface area contributed by atoms with Gasteiger partial charge in [0, 0.05) is 41.5 Å². The lowest BCUT2D eigenvalue weighted by molar-refractivity contribution is 0.252. The van der Waals surface area contributed by atoms with Crippen molar-refractivity contribution in [1.29, 1.82) is 0 Å². The molecule has 1 atom stereocenters.